The van der Waals surface area contributed by atoms with Crippen molar-refractivity contribution in [1.29, 1.82) is 0 Å². The Bertz CT molecular complexity index is 596. The molecule has 2 aromatic carbocycles. The van der Waals surface area contributed by atoms with Gasteiger partial charge in [-0.2, -0.15) is 0 Å². The minimum absolute atomic E-state index is 0.0725. The largest absolute Gasteiger partial charge is 0.496 e. The van der Waals surface area contributed by atoms with Crippen LogP contribution in [-0.2, 0) is 6.42 Å². The van der Waals surface area contributed by atoms with E-state index in [1.165, 1.54) is 11.1 Å². The fraction of sp³-hybridized carbons (Fsp3) is 0.333. The number of hydrogen-bond acceptors (Lipinski definition) is 3. The summed E-state index contributed by atoms with van der Waals surface area (Å²) in [7, 11) is 1.69. The maximum Gasteiger partial charge on any atom is 0.124 e. The number of aryl methyl sites for hydroxylation is 2. The van der Waals surface area contributed by atoms with Crippen molar-refractivity contribution in [3.05, 3.63) is 64.7 Å². The Labute approximate surface area is 127 Å². The van der Waals surface area contributed by atoms with Crippen molar-refractivity contribution < 1.29 is 4.74 Å². The molecule has 2 rings (SSSR count). The van der Waals surface area contributed by atoms with Crippen LogP contribution in [0.15, 0.2) is 42.5 Å². The van der Waals surface area contributed by atoms with Crippen LogP contribution in [0.3, 0.4) is 0 Å². The first-order valence-corrected chi connectivity index (χ1v) is 7.39. The lowest BCUT2D eigenvalue weighted by Gasteiger charge is -2.21. The molecule has 0 heterocycles. The van der Waals surface area contributed by atoms with E-state index in [2.05, 4.69) is 49.6 Å². The van der Waals surface area contributed by atoms with E-state index < -0.39 is 0 Å². The number of benzene rings is 2. The number of nitrogens with one attached hydrogen (secondary N) is 1. The van der Waals surface area contributed by atoms with Gasteiger partial charge in [0.2, 0.25) is 0 Å². The van der Waals surface area contributed by atoms with Gasteiger partial charge in [0.25, 0.3) is 0 Å². The van der Waals surface area contributed by atoms with E-state index in [1.54, 1.807) is 7.11 Å². The Hall–Kier alpha value is -1.84. The number of hydrazine groups is 1. The Kier molecular flexibility index (Phi) is 5.37. The Balaban J connectivity index is 2.44. The molecule has 0 aliphatic rings. The van der Waals surface area contributed by atoms with Crippen LogP contribution in [-0.4, -0.2) is 7.11 Å². The number of rotatable bonds is 6. The summed E-state index contributed by atoms with van der Waals surface area (Å²) in [5.74, 6) is 6.68. The number of methoxy groups -OCH3 is 1. The molecule has 0 spiro atoms. The predicted molar refractivity (Wildman–Crippen MR) is 87.3 cm³/mol. The average molecular weight is 284 g/mol. The molecule has 0 aliphatic carbocycles. The van der Waals surface area contributed by atoms with Crippen molar-refractivity contribution >= 4 is 0 Å². The smallest absolute Gasteiger partial charge is 0.124 e. The molecular formula is C18H24N2O. The van der Waals surface area contributed by atoms with Crippen LogP contribution in [0, 0.1) is 6.92 Å². The van der Waals surface area contributed by atoms with Gasteiger partial charge < -0.3 is 4.74 Å². The van der Waals surface area contributed by atoms with Gasteiger partial charge in [-0.15, -0.1) is 0 Å². The second kappa shape index (κ2) is 7.25. The van der Waals surface area contributed by atoms with Crippen molar-refractivity contribution in [3.63, 3.8) is 0 Å². The first-order valence-electron chi connectivity index (χ1n) is 7.39. The van der Waals surface area contributed by atoms with Gasteiger partial charge in [-0.25, -0.2) is 5.43 Å². The van der Waals surface area contributed by atoms with Gasteiger partial charge in [0.1, 0.15) is 5.75 Å². The standard InChI is InChI=1S/C18H24N2O/c1-4-6-14-7-5-8-15(12-14)18(20-19)16-11-13(2)9-10-17(16)21-3/h5,7-12,18,20H,4,6,19H2,1-3H3. The minimum atomic E-state index is -0.0725. The third kappa shape index (κ3) is 3.63. The van der Waals surface area contributed by atoms with Gasteiger partial charge in [-0.1, -0.05) is 55.3 Å². The summed E-state index contributed by atoms with van der Waals surface area (Å²) in [4.78, 5) is 0. The molecule has 21 heavy (non-hydrogen) atoms. The number of ether oxygens (including phenoxy) is 1. The zero-order chi connectivity index (χ0) is 15.2. The monoisotopic (exact) mass is 284 g/mol. The van der Waals surface area contributed by atoms with Crippen molar-refractivity contribution in [1.82, 2.24) is 5.43 Å². The van der Waals surface area contributed by atoms with Gasteiger partial charge in [0, 0.05) is 5.56 Å². The lowest BCUT2D eigenvalue weighted by Crippen LogP contribution is -2.29. The lowest BCUT2D eigenvalue weighted by molar-refractivity contribution is 0.404. The van der Waals surface area contributed by atoms with Crippen molar-refractivity contribution in [2.24, 2.45) is 5.84 Å². The fourth-order valence-corrected chi connectivity index (χ4v) is 2.66. The SMILES string of the molecule is CCCc1cccc(C(NN)c2cc(C)ccc2OC)c1. The summed E-state index contributed by atoms with van der Waals surface area (Å²) < 4.78 is 5.49. The highest BCUT2D eigenvalue weighted by Crippen LogP contribution is 2.30. The van der Waals surface area contributed by atoms with E-state index in [0.717, 1.165) is 29.7 Å². The molecule has 3 heteroatoms. The van der Waals surface area contributed by atoms with E-state index in [4.69, 9.17) is 10.6 Å². The van der Waals surface area contributed by atoms with E-state index in [-0.39, 0.29) is 6.04 Å². The third-order valence-corrected chi connectivity index (χ3v) is 3.69. The molecule has 3 N–H and O–H groups in total. The Morgan fingerprint density at radius 3 is 2.67 bits per heavy atom. The first kappa shape index (κ1) is 15.5. The molecule has 1 unspecified atom stereocenters. The second-order valence-electron chi connectivity index (χ2n) is 5.34. The van der Waals surface area contributed by atoms with Gasteiger partial charge >= 0.3 is 0 Å². The van der Waals surface area contributed by atoms with E-state index in [9.17, 15) is 0 Å². The maximum atomic E-state index is 5.83. The van der Waals surface area contributed by atoms with Gasteiger partial charge in [0.15, 0.2) is 0 Å². The zero-order valence-corrected chi connectivity index (χ0v) is 13.0. The molecule has 0 aliphatic heterocycles. The van der Waals surface area contributed by atoms with E-state index in [0.29, 0.717) is 0 Å². The average Bonchev–Trinajstić information content (AvgIpc) is 2.49. The van der Waals surface area contributed by atoms with Crippen LogP contribution >= 0.6 is 0 Å². The number of nitrogens with two attached hydrogens (primary N) is 1. The van der Waals surface area contributed by atoms with Crippen molar-refractivity contribution in [2.75, 3.05) is 7.11 Å². The Morgan fingerprint density at radius 1 is 1.19 bits per heavy atom. The van der Waals surface area contributed by atoms with Crippen LogP contribution in [0.5, 0.6) is 5.75 Å². The van der Waals surface area contributed by atoms with Crippen LogP contribution in [0.25, 0.3) is 0 Å². The summed E-state index contributed by atoms with van der Waals surface area (Å²) in [6.45, 7) is 4.26. The summed E-state index contributed by atoms with van der Waals surface area (Å²) in [5.41, 5.74) is 7.67. The van der Waals surface area contributed by atoms with Crippen LogP contribution in [0.4, 0.5) is 0 Å². The molecule has 0 fully saturated rings. The molecule has 0 saturated heterocycles. The third-order valence-electron chi connectivity index (χ3n) is 3.69. The molecule has 0 bridgehead atoms. The second-order valence-corrected chi connectivity index (χ2v) is 5.34. The summed E-state index contributed by atoms with van der Waals surface area (Å²) in [5, 5.41) is 0. The molecular weight excluding hydrogens is 260 g/mol. The molecule has 0 radical (unpaired) electrons. The topological polar surface area (TPSA) is 47.3 Å². The van der Waals surface area contributed by atoms with E-state index >= 15 is 0 Å². The highest BCUT2D eigenvalue weighted by atomic mass is 16.5. The summed E-state index contributed by atoms with van der Waals surface area (Å²) in [6.07, 6.45) is 2.22. The molecule has 3 nitrogen and oxygen atoms in total. The fourth-order valence-electron chi connectivity index (χ4n) is 2.66. The van der Waals surface area contributed by atoms with Crippen LogP contribution < -0.4 is 16.0 Å². The maximum absolute atomic E-state index is 5.83. The van der Waals surface area contributed by atoms with Gasteiger partial charge in [-0.3, -0.25) is 5.84 Å². The normalized spacial score (nSPS) is 12.2. The van der Waals surface area contributed by atoms with Gasteiger partial charge in [-0.05, 0) is 30.5 Å². The molecule has 112 valence electrons. The molecule has 2 aromatic rings. The number of hydrogen-bond donors (Lipinski definition) is 2. The van der Waals surface area contributed by atoms with Crippen LogP contribution in [0.2, 0.25) is 0 Å². The zero-order valence-electron chi connectivity index (χ0n) is 13.0. The quantitative estimate of drug-likeness (QED) is 0.630. The van der Waals surface area contributed by atoms with Crippen molar-refractivity contribution in [2.45, 2.75) is 32.7 Å². The molecule has 0 saturated carbocycles. The first-order chi connectivity index (χ1) is 10.2. The van der Waals surface area contributed by atoms with E-state index in [1.807, 2.05) is 12.1 Å². The van der Waals surface area contributed by atoms with Gasteiger partial charge in [0.05, 0.1) is 13.2 Å². The summed E-state index contributed by atoms with van der Waals surface area (Å²) in [6, 6.07) is 14.7. The Morgan fingerprint density at radius 2 is 2.00 bits per heavy atom. The molecule has 0 amide bonds. The highest BCUT2D eigenvalue weighted by molar-refractivity contribution is 5.44. The minimum Gasteiger partial charge on any atom is -0.496 e. The molecule has 0 aromatic heterocycles. The van der Waals surface area contributed by atoms with Crippen molar-refractivity contribution in [3.8, 4) is 5.75 Å². The predicted octanol–water partition coefficient (Wildman–Crippen LogP) is 3.51. The summed E-state index contributed by atoms with van der Waals surface area (Å²) >= 11 is 0. The molecule has 1 atom stereocenters. The van der Waals surface area contributed by atoms with Crippen LogP contribution in [0.1, 0.15) is 41.6 Å². The lowest BCUT2D eigenvalue weighted by atomic mass is 9.95. The highest BCUT2D eigenvalue weighted by Gasteiger charge is 2.17.